The van der Waals surface area contributed by atoms with Gasteiger partial charge in [0.25, 0.3) is 0 Å². The zero-order valence-corrected chi connectivity index (χ0v) is 11.4. The van der Waals surface area contributed by atoms with Crippen molar-refractivity contribution in [2.75, 3.05) is 0 Å². The third-order valence-corrected chi connectivity index (χ3v) is 3.28. The highest BCUT2D eigenvalue weighted by Crippen LogP contribution is 2.20. The van der Waals surface area contributed by atoms with E-state index in [2.05, 4.69) is 0 Å². The second-order valence-electron chi connectivity index (χ2n) is 4.57. The average molecular weight is 246 g/mol. The fraction of sp³-hybridized carbons (Fsp3) is 0.375. The Morgan fingerprint density at radius 1 is 1.28 bits per heavy atom. The minimum atomic E-state index is -0.713. The molecule has 0 bridgehead atoms. The second kappa shape index (κ2) is 6.41. The van der Waals surface area contributed by atoms with Crippen LogP contribution in [0.25, 0.3) is 5.57 Å². The first-order valence-corrected chi connectivity index (χ1v) is 6.38. The molecule has 0 heterocycles. The van der Waals surface area contributed by atoms with E-state index in [0.29, 0.717) is 12.8 Å². The summed E-state index contributed by atoms with van der Waals surface area (Å²) < 4.78 is 0. The average Bonchev–Trinajstić information content (AvgIpc) is 2.38. The van der Waals surface area contributed by atoms with Gasteiger partial charge in [-0.1, -0.05) is 44.2 Å². The molecular weight excluding hydrogens is 224 g/mol. The normalized spacial score (nSPS) is 13.2. The summed E-state index contributed by atoms with van der Waals surface area (Å²) in [5.41, 5.74) is 1.32. The molecule has 98 valence electrons. The molecule has 2 nitrogen and oxygen atoms in total. The van der Waals surface area contributed by atoms with Gasteiger partial charge in [0.1, 0.15) is 5.75 Å². The first-order valence-electron chi connectivity index (χ1n) is 6.38. The molecular formula is C16H22O2. The van der Waals surface area contributed by atoms with Gasteiger partial charge in [-0.3, -0.25) is 0 Å². The van der Waals surface area contributed by atoms with Crippen molar-refractivity contribution in [2.24, 2.45) is 0 Å². The van der Waals surface area contributed by atoms with Gasteiger partial charge < -0.3 is 10.2 Å². The lowest BCUT2D eigenvalue weighted by atomic mass is 9.96. The minimum Gasteiger partial charge on any atom is -0.508 e. The zero-order chi connectivity index (χ0) is 13.6. The van der Waals surface area contributed by atoms with Crippen molar-refractivity contribution < 1.29 is 10.2 Å². The van der Waals surface area contributed by atoms with Crippen molar-refractivity contribution in [3.63, 3.8) is 0 Å². The molecule has 0 unspecified atom stereocenters. The number of hydrogen-bond acceptors (Lipinski definition) is 2. The molecule has 1 rings (SSSR count). The lowest BCUT2D eigenvalue weighted by molar-refractivity contribution is 0.0828. The van der Waals surface area contributed by atoms with Crippen molar-refractivity contribution in [3.8, 4) is 5.75 Å². The smallest absolute Gasteiger partial charge is 0.116 e. The van der Waals surface area contributed by atoms with Crippen LogP contribution in [0.5, 0.6) is 5.75 Å². The number of aliphatic hydroxyl groups is 1. The number of phenolic OH excluding ortho intramolecular Hbond substituents is 1. The van der Waals surface area contributed by atoms with Gasteiger partial charge in [-0.05, 0) is 43.0 Å². The first kappa shape index (κ1) is 14.5. The van der Waals surface area contributed by atoms with Crippen LogP contribution in [-0.2, 0) is 0 Å². The molecule has 0 aromatic heterocycles. The van der Waals surface area contributed by atoms with E-state index in [1.165, 1.54) is 0 Å². The molecule has 2 heteroatoms. The van der Waals surface area contributed by atoms with E-state index < -0.39 is 5.60 Å². The van der Waals surface area contributed by atoms with Gasteiger partial charge in [-0.15, -0.1) is 0 Å². The van der Waals surface area contributed by atoms with Gasteiger partial charge >= 0.3 is 0 Å². The van der Waals surface area contributed by atoms with Crippen molar-refractivity contribution in [3.05, 3.63) is 48.1 Å². The molecule has 0 aliphatic carbocycles. The summed E-state index contributed by atoms with van der Waals surface area (Å²) in [6.07, 6.45) is 7.08. The van der Waals surface area contributed by atoms with Gasteiger partial charge in [0.05, 0.1) is 5.60 Å². The summed E-state index contributed by atoms with van der Waals surface area (Å²) in [5, 5.41) is 19.5. The lowest BCUT2D eigenvalue weighted by Crippen LogP contribution is -2.22. The van der Waals surface area contributed by atoms with E-state index in [1.54, 1.807) is 12.1 Å². The van der Waals surface area contributed by atoms with E-state index >= 15 is 0 Å². The molecule has 2 N–H and O–H groups in total. The maximum atomic E-state index is 10.1. The monoisotopic (exact) mass is 246 g/mol. The van der Waals surface area contributed by atoms with Crippen molar-refractivity contribution in [1.29, 1.82) is 0 Å². The predicted octanol–water partition coefficient (Wildman–Crippen LogP) is 3.90. The van der Waals surface area contributed by atoms with Gasteiger partial charge in [0, 0.05) is 0 Å². The number of rotatable bonds is 5. The third-order valence-electron chi connectivity index (χ3n) is 3.28. The van der Waals surface area contributed by atoms with E-state index in [9.17, 15) is 10.2 Å². The fourth-order valence-corrected chi connectivity index (χ4v) is 1.70. The SMILES string of the molecule is CCC(O)(/C=C/C=C(/C)c1cccc(O)c1)CC. The number of hydrogen-bond donors (Lipinski definition) is 2. The Morgan fingerprint density at radius 3 is 2.50 bits per heavy atom. The molecule has 1 aromatic carbocycles. The van der Waals surface area contributed by atoms with E-state index in [-0.39, 0.29) is 5.75 Å². The van der Waals surface area contributed by atoms with E-state index in [4.69, 9.17) is 0 Å². The quantitative estimate of drug-likeness (QED) is 0.773. The van der Waals surface area contributed by atoms with Crippen LogP contribution in [0.3, 0.4) is 0 Å². The van der Waals surface area contributed by atoms with Crippen LogP contribution in [0.2, 0.25) is 0 Å². The molecule has 0 atom stereocenters. The standard InChI is InChI=1S/C16H22O2/c1-4-16(18,5-2)11-7-8-13(3)14-9-6-10-15(17)12-14/h6-12,17-18H,4-5H2,1-3H3/b11-7+,13-8-. The molecule has 1 aromatic rings. The van der Waals surface area contributed by atoms with Crippen molar-refractivity contribution in [2.45, 2.75) is 39.2 Å². The Labute approximate surface area is 109 Å². The molecule has 0 fully saturated rings. The van der Waals surface area contributed by atoms with E-state index in [1.807, 2.05) is 51.1 Å². The summed E-state index contributed by atoms with van der Waals surface area (Å²) in [4.78, 5) is 0. The van der Waals surface area contributed by atoms with Gasteiger partial charge in [0.2, 0.25) is 0 Å². The molecule has 0 aliphatic rings. The van der Waals surface area contributed by atoms with Gasteiger partial charge in [-0.25, -0.2) is 0 Å². The molecule has 0 radical (unpaired) electrons. The Balaban J connectivity index is 2.82. The molecule has 0 aliphatic heterocycles. The molecule has 18 heavy (non-hydrogen) atoms. The third kappa shape index (κ3) is 4.04. The molecule has 0 spiro atoms. The largest absolute Gasteiger partial charge is 0.508 e. The fourth-order valence-electron chi connectivity index (χ4n) is 1.70. The van der Waals surface area contributed by atoms with Crippen LogP contribution in [-0.4, -0.2) is 15.8 Å². The topological polar surface area (TPSA) is 40.5 Å². The number of allylic oxidation sites excluding steroid dienone is 3. The summed E-state index contributed by atoms with van der Waals surface area (Å²) >= 11 is 0. The van der Waals surface area contributed by atoms with Crippen LogP contribution in [0, 0.1) is 0 Å². The highest BCUT2D eigenvalue weighted by atomic mass is 16.3. The van der Waals surface area contributed by atoms with Gasteiger partial charge in [-0.2, -0.15) is 0 Å². The van der Waals surface area contributed by atoms with Crippen LogP contribution < -0.4 is 0 Å². The summed E-state index contributed by atoms with van der Waals surface area (Å²) in [7, 11) is 0. The first-order chi connectivity index (χ1) is 8.50. The zero-order valence-electron chi connectivity index (χ0n) is 11.4. The van der Waals surface area contributed by atoms with Crippen molar-refractivity contribution in [1.82, 2.24) is 0 Å². The molecule has 0 saturated heterocycles. The minimum absolute atomic E-state index is 0.267. The van der Waals surface area contributed by atoms with Crippen LogP contribution in [0.15, 0.2) is 42.5 Å². The summed E-state index contributed by atoms with van der Waals surface area (Å²) in [6, 6.07) is 7.15. The molecule has 0 amide bonds. The Kier molecular flexibility index (Phi) is 5.17. The van der Waals surface area contributed by atoms with Crippen LogP contribution in [0.1, 0.15) is 39.2 Å². The Bertz CT molecular complexity index is 440. The number of aromatic hydroxyl groups is 1. The lowest BCUT2D eigenvalue weighted by Gasteiger charge is -2.19. The second-order valence-corrected chi connectivity index (χ2v) is 4.57. The Morgan fingerprint density at radius 2 is 1.94 bits per heavy atom. The number of phenols is 1. The number of benzene rings is 1. The van der Waals surface area contributed by atoms with Crippen LogP contribution in [0.4, 0.5) is 0 Å². The predicted molar refractivity (Wildman–Crippen MR) is 76.4 cm³/mol. The summed E-state index contributed by atoms with van der Waals surface area (Å²) in [6.45, 7) is 5.93. The highest BCUT2D eigenvalue weighted by Gasteiger charge is 2.16. The van der Waals surface area contributed by atoms with Crippen molar-refractivity contribution >= 4 is 5.57 Å². The Hall–Kier alpha value is -1.54. The van der Waals surface area contributed by atoms with Gasteiger partial charge in [0.15, 0.2) is 0 Å². The summed E-state index contributed by atoms with van der Waals surface area (Å²) in [5.74, 6) is 0.267. The highest BCUT2D eigenvalue weighted by molar-refractivity contribution is 5.66. The van der Waals surface area contributed by atoms with E-state index in [0.717, 1.165) is 11.1 Å². The van der Waals surface area contributed by atoms with Crippen LogP contribution >= 0.6 is 0 Å². The maximum Gasteiger partial charge on any atom is 0.116 e. The maximum absolute atomic E-state index is 10.1. The molecule has 0 saturated carbocycles.